The fraction of sp³-hybridized carbons (Fsp3) is 0.346. The number of benzene rings is 2. The first kappa shape index (κ1) is 25.6. The molecule has 0 saturated carbocycles. The maximum atomic E-state index is 13.1. The van der Waals surface area contributed by atoms with Crippen LogP contribution in [0.5, 0.6) is 11.5 Å². The van der Waals surface area contributed by atoms with Gasteiger partial charge >= 0.3 is 12.0 Å². The zero-order valence-electron chi connectivity index (χ0n) is 20.4. The van der Waals surface area contributed by atoms with Gasteiger partial charge in [-0.3, -0.25) is 0 Å². The molecule has 0 fully saturated rings. The molecule has 0 radical (unpaired) electrons. The van der Waals surface area contributed by atoms with Crippen LogP contribution in [0.15, 0.2) is 61.2 Å². The van der Waals surface area contributed by atoms with Gasteiger partial charge in [0.05, 0.1) is 27.2 Å². The molecule has 9 heteroatoms. The normalized spacial score (nSPS) is 10.5. The molecular formula is C26H32N4O5. The Morgan fingerprint density at radius 1 is 1.09 bits per heavy atom. The molecule has 2 aromatic carbocycles. The molecule has 0 spiro atoms. The lowest BCUT2D eigenvalue weighted by molar-refractivity contribution is 0.0597. The number of rotatable bonds is 12. The van der Waals surface area contributed by atoms with Crippen molar-refractivity contribution in [1.82, 2.24) is 19.8 Å². The minimum absolute atomic E-state index is 0.194. The van der Waals surface area contributed by atoms with E-state index in [0.717, 1.165) is 29.8 Å². The average Bonchev–Trinajstić information content (AvgIpc) is 3.41. The first-order chi connectivity index (χ1) is 17.0. The van der Waals surface area contributed by atoms with E-state index in [9.17, 15) is 9.59 Å². The van der Waals surface area contributed by atoms with Gasteiger partial charge in [-0.2, -0.15) is 0 Å². The number of carbonyl (C=O) groups excluding carboxylic acids is 2. The van der Waals surface area contributed by atoms with E-state index in [4.69, 9.17) is 14.2 Å². The van der Waals surface area contributed by atoms with Crippen LogP contribution in [0, 0.1) is 0 Å². The summed E-state index contributed by atoms with van der Waals surface area (Å²) in [6, 6.07) is 12.7. The third-order valence-corrected chi connectivity index (χ3v) is 5.41. The van der Waals surface area contributed by atoms with Crippen LogP contribution in [0.3, 0.4) is 0 Å². The monoisotopic (exact) mass is 480 g/mol. The smallest absolute Gasteiger partial charge is 0.341 e. The molecule has 3 rings (SSSR count). The van der Waals surface area contributed by atoms with E-state index in [2.05, 4.69) is 10.3 Å². The minimum Gasteiger partial charge on any atom is -0.496 e. The number of methoxy groups -OCH3 is 2. The Morgan fingerprint density at radius 3 is 2.51 bits per heavy atom. The summed E-state index contributed by atoms with van der Waals surface area (Å²) < 4.78 is 17.6. The zero-order chi connectivity index (χ0) is 25.0. The summed E-state index contributed by atoms with van der Waals surface area (Å²) >= 11 is 0. The molecule has 35 heavy (non-hydrogen) atoms. The van der Waals surface area contributed by atoms with Crippen LogP contribution >= 0.6 is 0 Å². The highest BCUT2D eigenvalue weighted by Crippen LogP contribution is 2.21. The first-order valence-electron chi connectivity index (χ1n) is 11.5. The highest BCUT2D eigenvalue weighted by atomic mass is 16.5. The first-order valence-corrected chi connectivity index (χ1v) is 11.5. The Balaban J connectivity index is 1.67. The largest absolute Gasteiger partial charge is 0.496 e. The topological polar surface area (TPSA) is 94.9 Å². The van der Waals surface area contributed by atoms with Crippen LogP contribution in [0.2, 0.25) is 0 Å². The Labute approximate surface area is 205 Å². The van der Waals surface area contributed by atoms with Crippen molar-refractivity contribution in [1.29, 1.82) is 0 Å². The highest BCUT2D eigenvalue weighted by molar-refractivity contribution is 5.92. The number of urea groups is 1. The number of hydrogen-bond donors (Lipinski definition) is 1. The molecule has 2 amide bonds. The molecule has 0 saturated heterocycles. The summed E-state index contributed by atoms with van der Waals surface area (Å²) in [7, 11) is 2.81. The van der Waals surface area contributed by atoms with Gasteiger partial charge in [-0.05, 0) is 48.7 Å². The number of nitrogens with one attached hydrogen (secondary N) is 1. The third-order valence-electron chi connectivity index (χ3n) is 5.41. The number of ether oxygens (including phenoxy) is 3. The van der Waals surface area contributed by atoms with Crippen LogP contribution in [-0.4, -0.2) is 53.8 Å². The third kappa shape index (κ3) is 7.49. The fourth-order valence-corrected chi connectivity index (χ4v) is 3.62. The summed E-state index contributed by atoms with van der Waals surface area (Å²) in [5.41, 5.74) is 2.08. The molecule has 186 valence electrons. The van der Waals surface area contributed by atoms with Crippen LogP contribution in [0.4, 0.5) is 4.79 Å². The lowest BCUT2D eigenvalue weighted by atomic mass is 10.1. The van der Waals surface area contributed by atoms with Gasteiger partial charge in [-0.15, -0.1) is 0 Å². The van der Waals surface area contributed by atoms with Crippen LogP contribution in [0.1, 0.15) is 34.8 Å². The van der Waals surface area contributed by atoms with Crippen molar-refractivity contribution < 1.29 is 23.8 Å². The predicted octanol–water partition coefficient (Wildman–Crippen LogP) is 3.88. The maximum absolute atomic E-state index is 13.1. The number of hydrogen-bond acceptors (Lipinski definition) is 6. The Bertz CT molecular complexity index is 1080. The second kappa shape index (κ2) is 13.0. The van der Waals surface area contributed by atoms with Gasteiger partial charge in [0, 0.05) is 38.6 Å². The second-order valence-electron chi connectivity index (χ2n) is 7.84. The van der Waals surface area contributed by atoms with Crippen molar-refractivity contribution in [3.05, 3.63) is 77.9 Å². The summed E-state index contributed by atoms with van der Waals surface area (Å²) in [5.74, 6) is 0.725. The molecule has 0 aliphatic heterocycles. The number of aromatic nitrogens is 2. The number of imidazole rings is 1. The van der Waals surface area contributed by atoms with Crippen molar-refractivity contribution in [2.24, 2.45) is 0 Å². The van der Waals surface area contributed by atoms with Crippen molar-refractivity contribution in [2.75, 3.05) is 27.4 Å². The molecule has 0 aliphatic rings. The van der Waals surface area contributed by atoms with Crippen molar-refractivity contribution in [2.45, 2.75) is 33.0 Å². The number of aryl methyl sites for hydroxylation is 1. The van der Waals surface area contributed by atoms with Gasteiger partial charge in [0.2, 0.25) is 0 Å². The maximum Gasteiger partial charge on any atom is 0.341 e. The van der Waals surface area contributed by atoms with E-state index >= 15 is 0 Å². The molecule has 3 aromatic rings. The number of esters is 1. The molecule has 0 atom stereocenters. The Kier molecular flexibility index (Phi) is 9.53. The van der Waals surface area contributed by atoms with E-state index in [-0.39, 0.29) is 12.6 Å². The zero-order valence-corrected chi connectivity index (χ0v) is 20.4. The molecule has 0 unspecified atom stereocenters. The average molecular weight is 481 g/mol. The molecular weight excluding hydrogens is 448 g/mol. The molecule has 1 aromatic heterocycles. The Hall–Kier alpha value is -4.01. The van der Waals surface area contributed by atoms with Gasteiger partial charge in [-0.1, -0.05) is 18.2 Å². The van der Waals surface area contributed by atoms with Gasteiger partial charge in [-0.25, -0.2) is 14.6 Å². The molecule has 0 bridgehead atoms. The minimum atomic E-state index is -0.494. The van der Waals surface area contributed by atoms with Crippen molar-refractivity contribution in [3.63, 3.8) is 0 Å². The van der Waals surface area contributed by atoms with Gasteiger partial charge < -0.3 is 29.0 Å². The summed E-state index contributed by atoms with van der Waals surface area (Å²) in [6.45, 7) is 4.58. The number of nitrogens with zero attached hydrogens (tertiary/aromatic N) is 3. The van der Waals surface area contributed by atoms with E-state index in [1.807, 2.05) is 42.0 Å². The van der Waals surface area contributed by atoms with Crippen LogP contribution in [0.25, 0.3) is 0 Å². The van der Waals surface area contributed by atoms with E-state index in [1.54, 1.807) is 35.6 Å². The van der Waals surface area contributed by atoms with E-state index in [0.29, 0.717) is 31.0 Å². The summed E-state index contributed by atoms with van der Waals surface area (Å²) in [4.78, 5) is 31.0. The SMILES string of the molecule is CCOc1ccc(CN(CCCn2ccnc2)C(=O)NCc2ccc(OC)c(C(=O)OC)c2)cc1. The summed E-state index contributed by atoms with van der Waals surface area (Å²) in [5, 5.41) is 2.97. The molecule has 1 heterocycles. The van der Waals surface area contributed by atoms with Crippen molar-refractivity contribution >= 4 is 12.0 Å². The van der Waals surface area contributed by atoms with Crippen LogP contribution < -0.4 is 14.8 Å². The number of carbonyl (C=O) groups is 2. The molecule has 1 N–H and O–H groups in total. The Morgan fingerprint density at radius 2 is 1.86 bits per heavy atom. The second-order valence-corrected chi connectivity index (χ2v) is 7.84. The quantitative estimate of drug-likeness (QED) is 0.396. The van der Waals surface area contributed by atoms with Gasteiger partial charge in [0.1, 0.15) is 17.1 Å². The van der Waals surface area contributed by atoms with Crippen LogP contribution in [-0.2, 0) is 24.4 Å². The molecule has 0 aliphatic carbocycles. The van der Waals surface area contributed by atoms with E-state index in [1.165, 1.54) is 14.2 Å². The predicted molar refractivity (Wildman–Crippen MR) is 131 cm³/mol. The van der Waals surface area contributed by atoms with E-state index < -0.39 is 5.97 Å². The van der Waals surface area contributed by atoms with Gasteiger partial charge in [0.15, 0.2) is 0 Å². The highest BCUT2D eigenvalue weighted by Gasteiger charge is 2.16. The lowest BCUT2D eigenvalue weighted by Crippen LogP contribution is -2.40. The lowest BCUT2D eigenvalue weighted by Gasteiger charge is -2.24. The van der Waals surface area contributed by atoms with Crippen molar-refractivity contribution in [3.8, 4) is 11.5 Å². The summed E-state index contributed by atoms with van der Waals surface area (Å²) in [6.07, 6.45) is 6.18. The standard InChI is InChI=1S/C26H32N4O5/c1-4-35-22-9-6-20(7-10-22)18-30(14-5-13-29-15-12-27-19-29)26(32)28-17-21-8-11-24(33-2)23(16-21)25(31)34-3/h6-12,15-16,19H,4-5,13-14,17-18H2,1-3H3,(H,28,32). The van der Waals surface area contributed by atoms with Gasteiger partial charge in [0.25, 0.3) is 0 Å². The molecule has 9 nitrogen and oxygen atoms in total. The number of amides is 2. The fourth-order valence-electron chi connectivity index (χ4n) is 3.62.